The largest absolute Gasteiger partial charge is 0.487 e. The summed E-state index contributed by atoms with van der Waals surface area (Å²) in [4.78, 5) is 11.7. The summed E-state index contributed by atoms with van der Waals surface area (Å²) >= 11 is 0. The molecule has 1 aromatic carbocycles. The Bertz CT molecular complexity index is 408. The number of carbonyl (C=O) groups is 1. The highest BCUT2D eigenvalue weighted by molar-refractivity contribution is 5.75. The minimum Gasteiger partial charge on any atom is -0.487 e. The second-order valence-electron chi connectivity index (χ2n) is 4.97. The second-order valence-corrected chi connectivity index (χ2v) is 4.97. The number of hydrogen-bond donors (Lipinski definition) is 1. The molecule has 0 aliphatic heterocycles. The van der Waals surface area contributed by atoms with Crippen LogP contribution in [0, 0.1) is 0 Å². The maximum Gasteiger partial charge on any atom is 0.323 e. The van der Waals surface area contributed by atoms with E-state index in [-0.39, 0.29) is 6.10 Å². The first-order valence-corrected chi connectivity index (χ1v) is 7.30. The molecule has 0 aliphatic rings. The average Bonchev–Trinajstić information content (AvgIpc) is 2.47. The van der Waals surface area contributed by atoms with Gasteiger partial charge in [-0.05, 0) is 32.4 Å². The van der Waals surface area contributed by atoms with Crippen molar-refractivity contribution in [3.05, 3.63) is 30.3 Å². The zero-order chi connectivity index (χ0) is 15.7. The normalized spacial score (nSPS) is 15.0. The van der Waals surface area contributed by atoms with Crippen LogP contribution in [-0.2, 0) is 14.3 Å². The van der Waals surface area contributed by atoms with Gasteiger partial charge in [0.1, 0.15) is 17.9 Å². The van der Waals surface area contributed by atoms with Gasteiger partial charge in [-0.3, -0.25) is 4.79 Å². The topological polar surface area (TPSA) is 70.8 Å². The van der Waals surface area contributed by atoms with Crippen molar-refractivity contribution < 1.29 is 19.0 Å². The number of ether oxygens (including phenoxy) is 3. The van der Waals surface area contributed by atoms with Crippen molar-refractivity contribution in [1.29, 1.82) is 0 Å². The molecule has 5 heteroatoms. The lowest BCUT2D eigenvalue weighted by Crippen LogP contribution is -2.41. The van der Waals surface area contributed by atoms with Gasteiger partial charge in [-0.25, -0.2) is 0 Å². The summed E-state index contributed by atoms with van der Waals surface area (Å²) in [6.07, 6.45) is 0.0872. The fourth-order valence-corrected chi connectivity index (χ4v) is 1.66. The van der Waals surface area contributed by atoms with E-state index in [0.29, 0.717) is 13.2 Å². The smallest absolute Gasteiger partial charge is 0.323 e. The third-order valence-electron chi connectivity index (χ3n) is 2.86. The maximum absolute atomic E-state index is 11.7. The molecule has 0 bridgehead atoms. The zero-order valence-corrected chi connectivity index (χ0v) is 13.0. The van der Waals surface area contributed by atoms with E-state index in [4.69, 9.17) is 19.9 Å². The van der Waals surface area contributed by atoms with Gasteiger partial charge in [0.2, 0.25) is 0 Å². The van der Waals surface area contributed by atoms with Crippen LogP contribution in [0.4, 0.5) is 0 Å². The molecule has 0 saturated carbocycles. The van der Waals surface area contributed by atoms with Crippen LogP contribution in [0.2, 0.25) is 0 Å². The SMILES string of the molecule is CCCOC[C@@H](OC(=O)[C@H](C)N)[C@H](C)Oc1ccccc1. The molecule has 0 fully saturated rings. The van der Waals surface area contributed by atoms with Crippen molar-refractivity contribution in [1.82, 2.24) is 0 Å². The van der Waals surface area contributed by atoms with E-state index in [1.54, 1.807) is 6.92 Å². The van der Waals surface area contributed by atoms with Crippen LogP contribution < -0.4 is 10.5 Å². The van der Waals surface area contributed by atoms with Crippen molar-refractivity contribution in [2.45, 2.75) is 45.4 Å². The zero-order valence-electron chi connectivity index (χ0n) is 13.0. The van der Waals surface area contributed by atoms with Gasteiger partial charge in [-0.1, -0.05) is 25.1 Å². The average molecular weight is 295 g/mol. The number of benzene rings is 1. The van der Waals surface area contributed by atoms with Gasteiger partial charge in [0.05, 0.1) is 6.61 Å². The number of rotatable bonds is 9. The summed E-state index contributed by atoms with van der Waals surface area (Å²) in [5.74, 6) is 0.269. The lowest BCUT2D eigenvalue weighted by molar-refractivity contribution is -0.159. The summed E-state index contributed by atoms with van der Waals surface area (Å²) in [7, 11) is 0. The fourth-order valence-electron chi connectivity index (χ4n) is 1.66. The molecular weight excluding hydrogens is 270 g/mol. The van der Waals surface area contributed by atoms with Crippen molar-refractivity contribution >= 4 is 5.97 Å². The van der Waals surface area contributed by atoms with E-state index in [1.165, 1.54) is 0 Å². The Balaban J connectivity index is 2.62. The Hall–Kier alpha value is -1.59. The molecule has 0 heterocycles. The van der Waals surface area contributed by atoms with Gasteiger partial charge < -0.3 is 19.9 Å². The van der Waals surface area contributed by atoms with Crippen LogP contribution in [0.3, 0.4) is 0 Å². The first kappa shape index (κ1) is 17.5. The predicted octanol–water partition coefficient (Wildman–Crippen LogP) is 2.14. The van der Waals surface area contributed by atoms with E-state index in [0.717, 1.165) is 12.2 Å². The third kappa shape index (κ3) is 6.60. The first-order valence-electron chi connectivity index (χ1n) is 7.30. The first-order chi connectivity index (χ1) is 10.0. The van der Waals surface area contributed by atoms with Crippen LogP contribution in [0.25, 0.3) is 0 Å². The fraction of sp³-hybridized carbons (Fsp3) is 0.562. The number of hydrogen-bond acceptors (Lipinski definition) is 5. The number of para-hydroxylation sites is 1. The Morgan fingerprint density at radius 1 is 1.24 bits per heavy atom. The molecule has 1 aromatic rings. The lowest BCUT2D eigenvalue weighted by Gasteiger charge is -2.25. The molecule has 0 aliphatic carbocycles. The van der Waals surface area contributed by atoms with Crippen LogP contribution in [-0.4, -0.2) is 37.4 Å². The molecule has 2 N–H and O–H groups in total. The molecular formula is C16H25NO4. The quantitative estimate of drug-likeness (QED) is 0.558. The van der Waals surface area contributed by atoms with Gasteiger partial charge in [-0.2, -0.15) is 0 Å². The van der Waals surface area contributed by atoms with Gasteiger partial charge in [0, 0.05) is 6.61 Å². The molecule has 5 nitrogen and oxygen atoms in total. The van der Waals surface area contributed by atoms with Crippen LogP contribution in [0.15, 0.2) is 30.3 Å². The van der Waals surface area contributed by atoms with Crippen LogP contribution in [0.5, 0.6) is 5.75 Å². The molecule has 1 rings (SSSR count). The van der Waals surface area contributed by atoms with E-state index in [2.05, 4.69) is 0 Å². The third-order valence-corrected chi connectivity index (χ3v) is 2.86. The molecule has 118 valence electrons. The minimum absolute atomic E-state index is 0.292. The second kappa shape index (κ2) is 9.37. The molecule has 0 radical (unpaired) electrons. The number of esters is 1. The highest BCUT2D eigenvalue weighted by Gasteiger charge is 2.25. The van der Waals surface area contributed by atoms with Gasteiger partial charge in [0.25, 0.3) is 0 Å². The molecule has 0 spiro atoms. The van der Waals surface area contributed by atoms with E-state index in [1.807, 2.05) is 44.2 Å². The Kier molecular flexibility index (Phi) is 7.79. The molecule has 0 aromatic heterocycles. The Morgan fingerprint density at radius 3 is 2.48 bits per heavy atom. The van der Waals surface area contributed by atoms with Crippen molar-refractivity contribution in [2.75, 3.05) is 13.2 Å². The molecule has 0 saturated heterocycles. The Morgan fingerprint density at radius 2 is 1.90 bits per heavy atom. The monoisotopic (exact) mass is 295 g/mol. The lowest BCUT2D eigenvalue weighted by atomic mass is 10.2. The summed E-state index contributed by atoms with van der Waals surface area (Å²) in [5.41, 5.74) is 5.54. The van der Waals surface area contributed by atoms with Crippen molar-refractivity contribution in [3.63, 3.8) is 0 Å². The standard InChI is InChI=1S/C16H25NO4/c1-4-10-19-11-15(21-16(18)12(2)17)13(3)20-14-8-6-5-7-9-14/h5-9,12-13,15H,4,10-11,17H2,1-3H3/t12-,13-,15+/m0/s1. The van der Waals surface area contributed by atoms with Gasteiger partial charge in [-0.15, -0.1) is 0 Å². The van der Waals surface area contributed by atoms with E-state index in [9.17, 15) is 4.79 Å². The molecule has 0 amide bonds. The summed E-state index contributed by atoms with van der Waals surface area (Å²) < 4.78 is 16.7. The van der Waals surface area contributed by atoms with Crippen molar-refractivity contribution in [2.24, 2.45) is 5.73 Å². The number of nitrogens with two attached hydrogens (primary N) is 1. The molecule has 0 unspecified atom stereocenters. The predicted molar refractivity (Wildman–Crippen MR) is 81.2 cm³/mol. The molecule has 3 atom stereocenters. The van der Waals surface area contributed by atoms with Gasteiger partial charge >= 0.3 is 5.97 Å². The maximum atomic E-state index is 11.7. The van der Waals surface area contributed by atoms with Crippen LogP contribution >= 0.6 is 0 Å². The summed E-state index contributed by atoms with van der Waals surface area (Å²) in [6.45, 7) is 6.37. The van der Waals surface area contributed by atoms with Crippen molar-refractivity contribution in [3.8, 4) is 5.75 Å². The summed E-state index contributed by atoms with van der Waals surface area (Å²) in [6, 6.07) is 8.73. The van der Waals surface area contributed by atoms with Crippen LogP contribution in [0.1, 0.15) is 27.2 Å². The van der Waals surface area contributed by atoms with Gasteiger partial charge in [0.15, 0.2) is 6.10 Å². The number of carbonyl (C=O) groups excluding carboxylic acids is 1. The minimum atomic E-state index is -0.664. The van der Waals surface area contributed by atoms with E-state index < -0.39 is 18.1 Å². The summed E-state index contributed by atoms with van der Waals surface area (Å²) in [5, 5.41) is 0. The molecule has 21 heavy (non-hydrogen) atoms. The highest BCUT2D eigenvalue weighted by atomic mass is 16.6. The Labute approximate surface area is 126 Å². The highest BCUT2D eigenvalue weighted by Crippen LogP contribution is 2.14. The van der Waals surface area contributed by atoms with E-state index >= 15 is 0 Å².